The van der Waals surface area contributed by atoms with Crippen molar-refractivity contribution in [1.29, 1.82) is 0 Å². The van der Waals surface area contributed by atoms with Crippen LogP contribution < -0.4 is 5.32 Å². The van der Waals surface area contributed by atoms with Gasteiger partial charge in [-0.15, -0.1) is 0 Å². The summed E-state index contributed by atoms with van der Waals surface area (Å²) in [5.74, 6) is -0.428. The summed E-state index contributed by atoms with van der Waals surface area (Å²) in [5.41, 5.74) is 0. The molecule has 0 heterocycles. The van der Waals surface area contributed by atoms with Crippen molar-refractivity contribution in [1.82, 2.24) is 5.32 Å². The van der Waals surface area contributed by atoms with Gasteiger partial charge in [-0.05, 0) is 13.3 Å². The minimum absolute atomic E-state index is 0.117. The molecule has 5 heteroatoms. The molecule has 0 aliphatic rings. The van der Waals surface area contributed by atoms with E-state index >= 15 is 0 Å². The van der Waals surface area contributed by atoms with Crippen LogP contribution in [0, 0.1) is 0 Å². The predicted octanol–water partition coefficient (Wildman–Crippen LogP) is 5.14. The number of carbonyl (C=O) groups is 2. The molecular weight excluding hydrogens is 318 g/mol. The summed E-state index contributed by atoms with van der Waals surface area (Å²) in [6.07, 6.45) is 14.6. The van der Waals surface area contributed by atoms with Crippen LogP contribution in [0.2, 0.25) is 0 Å². The zero-order valence-electron chi connectivity index (χ0n) is 16.2. The SMILES string of the molecule is C=CCOC(=O)NC(C)C(=O)OCCCCCCCCCCCCC. The molecule has 0 spiro atoms. The van der Waals surface area contributed by atoms with Gasteiger partial charge in [0.1, 0.15) is 12.6 Å². The lowest BCUT2D eigenvalue weighted by molar-refractivity contribution is -0.145. The van der Waals surface area contributed by atoms with Crippen molar-refractivity contribution >= 4 is 12.1 Å². The molecular formula is C20H37NO4. The third-order valence-electron chi connectivity index (χ3n) is 4.01. The molecule has 0 aromatic heterocycles. The second-order valence-corrected chi connectivity index (χ2v) is 6.46. The fourth-order valence-electron chi connectivity index (χ4n) is 2.48. The maximum atomic E-state index is 11.7. The summed E-state index contributed by atoms with van der Waals surface area (Å²) in [6.45, 7) is 7.79. The van der Waals surface area contributed by atoms with E-state index in [2.05, 4.69) is 18.8 Å². The van der Waals surface area contributed by atoms with Crippen LogP contribution in [0.15, 0.2) is 12.7 Å². The molecule has 0 aromatic rings. The third kappa shape index (κ3) is 15.7. The van der Waals surface area contributed by atoms with Gasteiger partial charge in [0.15, 0.2) is 0 Å². The first-order chi connectivity index (χ1) is 12.1. The molecule has 0 rings (SSSR count). The van der Waals surface area contributed by atoms with E-state index in [1.54, 1.807) is 6.92 Å². The second-order valence-electron chi connectivity index (χ2n) is 6.46. The van der Waals surface area contributed by atoms with E-state index in [1.807, 2.05) is 0 Å². The van der Waals surface area contributed by atoms with Gasteiger partial charge in [0.2, 0.25) is 0 Å². The van der Waals surface area contributed by atoms with Crippen LogP contribution in [0.3, 0.4) is 0 Å². The summed E-state index contributed by atoms with van der Waals surface area (Å²) < 4.78 is 9.92. The molecule has 1 N–H and O–H groups in total. The lowest BCUT2D eigenvalue weighted by atomic mass is 10.1. The Morgan fingerprint density at radius 1 is 0.920 bits per heavy atom. The Hall–Kier alpha value is -1.52. The summed E-state index contributed by atoms with van der Waals surface area (Å²) in [4.78, 5) is 23.0. The summed E-state index contributed by atoms with van der Waals surface area (Å²) in [7, 11) is 0. The van der Waals surface area contributed by atoms with Gasteiger partial charge >= 0.3 is 12.1 Å². The van der Waals surface area contributed by atoms with Gasteiger partial charge in [-0.3, -0.25) is 0 Å². The molecule has 0 aliphatic carbocycles. The van der Waals surface area contributed by atoms with Crippen molar-refractivity contribution in [3.05, 3.63) is 12.7 Å². The van der Waals surface area contributed by atoms with Crippen molar-refractivity contribution in [3.63, 3.8) is 0 Å². The molecule has 146 valence electrons. The molecule has 1 amide bonds. The third-order valence-corrected chi connectivity index (χ3v) is 4.01. The van der Waals surface area contributed by atoms with Crippen molar-refractivity contribution in [2.75, 3.05) is 13.2 Å². The molecule has 0 saturated heterocycles. The minimum Gasteiger partial charge on any atom is -0.464 e. The first-order valence-electron chi connectivity index (χ1n) is 9.82. The molecule has 1 atom stereocenters. The highest BCUT2D eigenvalue weighted by Crippen LogP contribution is 2.11. The summed E-state index contributed by atoms with van der Waals surface area (Å²) in [5, 5.41) is 2.42. The highest BCUT2D eigenvalue weighted by Gasteiger charge is 2.17. The lowest BCUT2D eigenvalue weighted by Gasteiger charge is -2.13. The van der Waals surface area contributed by atoms with E-state index in [4.69, 9.17) is 9.47 Å². The Labute approximate surface area is 153 Å². The largest absolute Gasteiger partial charge is 0.464 e. The van der Waals surface area contributed by atoms with Gasteiger partial charge in [-0.1, -0.05) is 83.8 Å². The molecule has 0 saturated carbocycles. The van der Waals surface area contributed by atoms with E-state index in [-0.39, 0.29) is 6.61 Å². The minimum atomic E-state index is -0.704. The van der Waals surface area contributed by atoms with Crippen LogP contribution in [0.4, 0.5) is 4.79 Å². The van der Waals surface area contributed by atoms with Gasteiger partial charge in [0.25, 0.3) is 0 Å². The Bertz CT molecular complexity index is 358. The maximum absolute atomic E-state index is 11.7. The van der Waals surface area contributed by atoms with Crippen molar-refractivity contribution in [2.45, 2.75) is 90.5 Å². The Kier molecular flexibility index (Phi) is 16.3. The standard InChI is InChI=1S/C20H37NO4/c1-4-6-7-8-9-10-11-12-13-14-15-17-24-19(22)18(3)21-20(23)25-16-5-2/h5,18H,2,4,6-17H2,1,3H3,(H,21,23). The van der Waals surface area contributed by atoms with Crippen LogP contribution in [0.1, 0.15) is 84.5 Å². The number of carbonyl (C=O) groups excluding carboxylic acids is 2. The number of hydrogen-bond donors (Lipinski definition) is 1. The van der Waals surface area contributed by atoms with Crippen LogP contribution in [-0.2, 0) is 14.3 Å². The fraction of sp³-hybridized carbons (Fsp3) is 0.800. The predicted molar refractivity (Wildman–Crippen MR) is 102 cm³/mol. The molecule has 0 bridgehead atoms. The van der Waals surface area contributed by atoms with E-state index in [1.165, 1.54) is 63.9 Å². The second kappa shape index (κ2) is 17.3. The lowest BCUT2D eigenvalue weighted by Crippen LogP contribution is -2.40. The fourth-order valence-corrected chi connectivity index (χ4v) is 2.48. The number of esters is 1. The highest BCUT2D eigenvalue weighted by atomic mass is 16.6. The van der Waals surface area contributed by atoms with Crippen LogP contribution >= 0.6 is 0 Å². The van der Waals surface area contributed by atoms with Crippen molar-refractivity contribution in [3.8, 4) is 0 Å². The Morgan fingerprint density at radius 3 is 1.96 bits per heavy atom. The number of amides is 1. The van der Waals surface area contributed by atoms with Crippen LogP contribution in [-0.4, -0.2) is 31.3 Å². The quantitative estimate of drug-likeness (QED) is 0.236. The first-order valence-corrected chi connectivity index (χ1v) is 9.82. The number of nitrogens with one attached hydrogen (secondary N) is 1. The molecule has 1 unspecified atom stereocenters. The first kappa shape index (κ1) is 23.5. The number of rotatable bonds is 16. The molecule has 25 heavy (non-hydrogen) atoms. The normalized spacial score (nSPS) is 11.6. The monoisotopic (exact) mass is 355 g/mol. The van der Waals surface area contributed by atoms with E-state index < -0.39 is 18.1 Å². The summed E-state index contributed by atoms with van der Waals surface area (Å²) >= 11 is 0. The topological polar surface area (TPSA) is 64.6 Å². The molecule has 0 aliphatic heterocycles. The Balaban J connectivity index is 3.42. The molecule has 0 fully saturated rings. The number of hydrogen-bond acceptors (Lipinski definition) is 4. The van der Waals surface area contributed by atoms with Gasteiger partial charge in [0, 0.05) is 0 Å². The molecule has 0 radical (unpaired) electrons. The van der Waals surface area contributed by atoms with Gasteiger partial charge < -0.3 is 14.8 Å². The van der Waals surface area contributed by atoms with Crippen molar-refractivity contribution < 1.29 is 19.1 Å². The zero-order chi connectivity index (χ0) is 18.8. The van der Waals surface area contributed by atoms with Crippen LogP contribution in [0.5, 0.6) is 0 Å². The average molecular weight is 356 g/mol. The van der Waals surface area contributed by atoms with Crippen LogP contribution in [0.25, 0.3) is 0 Å². The van der Waals surface area contributed by atoms with Gasteiger partial charge in [0.05, 0.1) is 6.61 Å². The number of unbranched alkanes of at least 4 members (excludes halogenated alkanes) is 10. The average Bonchev–Trinajstić information content (AvgIpc) is 2.60. The maximum Gasteiger partial charge on any atom is 0.408 e. The van der Waals surface area contributed by atoms with Gasteiger partial charge in [-0.2, -0.15) is 0 Å². The smallest absolute Gasteiger partial charge is 0.408 e. The summed E-state index contributed by atoms with van der Waals surface area (Å²) in [6, 6.07) is -0.704. The van der Waals surface area contributed by atoms with E-state index in [9.17, 15) is 9.59 Å². The molecule has 0 aromatic carbocycles. The molecule has 5 nitrogen and oxygen atoms in total. The van der Waals surface area contributed by atoms with E-state index in [0.717, 1.165) is 12.8 Å². The number of ether oxygens (including phenoxy) is 2. The number of alkyl carbamates (subject to hydrolysis) is 1. The Morgan fingerprint density at radius 2 is 1.44 bits per heavy atom. The zero-order valence-corrected chi connectivity index (χ0v) is 16.2. The van der Waals surface area contributed by atoms with Gasteiger partial charge in [-0.25, -0.2) is 9.59 Å². The highest BCUT2D eigenvalue weighted by molar-refractivity contribution is 5.80. The van der Waals surface area contributed by atoms with Crippen molar-refractivity contribution in [2.24, 2.45) is 0 Å². The van der Waals surface area contributed by atoms with E-state index in [0.29, 0.717) is 6.61 Å².